The molecular weight excluding hydrogens is 342 g/mol. The second-order valence-electron chi connectivity index (χ2n) is 5.41. The molecule has 3 heterocycles. The van der Waals surface area contributed by atoms with Gasteiger partial charge in [0, 0.05) is 12.5 Å². The van der Waals surface area contributed by atoms with Gasteiger partial charge in [-0.25, -0.2) is 0 Å². The van der Waals surface area contributed by atoms with Gasteiger partial charge in [0.25, 0.3) is 0 Å². The SMILES string of the molecule is COc1ccc(Cc2nnc3sc(-c4cc(C)on4)nn23)cc1OC. The summed E-state index contributed by atoms with van der Waals surface area (Å²) in [4.78, 5) is 0.714. The van der Waals surface area contributed by atoms with Crippen molar-refractivity contribution >= 4 is 16.3 Å². The van der Waals surface area contributed by atoms with Crippen molar-refractivity contribution < 1.29 is 14.0 Å². The Hall–Kier alpha value is -2.94. The Kier molecular flexibility index (Phi) is 3.85. The van der Waals surface area contributed by atoms with Gasteiger partial charge < -0.3 is 14.0 Å². The Bertz CT molecular complexity index is 1040. The Morgan fingerprint density at radius 2 is 1.96 bits per heavy atom. The summed E-state index contributed by atoms with van der Waals surface area (Å²) in [6.07, 6.45) is 0.572. The summed E-state index contributed by atoms with van der Waals surface area (Å²) in [6, 6.07) is 7.61. The van der Waals surface area contributed by atoms with Gasteiger partial charge in [-0.1, -0.05) is 22.6 Å². The van der Waals surface area contributed by atoms with E-state index in [1.165, 1.54) is 11.3 Å². The van der Waals surface area contributed by atoms with Gasteiger partial charge in [-0.2, -0.15) is 9.61 Å². The summed E-state index contributed by atoms with van der Waals surface area (Å²) in [5.74, 6) is 2.85. The normalized spacial score (nSPS) is 11.2. The van der Waals surface area contributed by atoms with Crippen molar-refractivity contribution in [3.05, 3.63) is 41.4 Å². The van der Waals surface area contributed by atoms with Crippen LogP contribution in [0.5, 0.6) is 11.5 Å². The highest BCUT2D eigenvalue weighted by Crippen LogP contribution is 2.29. The van der Waals surface area contributed by atoms with Gasteiger partial charge in [0.2, 0.25) is 4.96 Å². The Morgan fingerprint density at radius 1 is 1.12 bits per heavy atom. The molecule has 0 aliphatic heterocycles. The minimum Gasteiger partial charge on any atom is -0.493 e. The van der Waals surface area contributed by atoms with E-state index >= 15 is 0 Å². The molecule has 0 amide bonds. The summed E-state index contributed by atoms with van der Waals surface area (Å²) >= 11 is 1.42. The zero-order chi connectivity index (χ0) is 17.4. The molecule has 0 saturated carbocycles. The van der Waals surface area contributed by atoms with E-state index in [2.05, 4.69) is 20.5 Å². The number of hydrogen-bond donors (Lipinski definition) is 0. The lowest BCUT2D eigenvalue weighted by molar-refractivity contribution is 0.354. The van der Waals surface area contributed by atoms with E-state index in [0.29, 0.717) is 28.6 Å². The maximum Gasteiger partial charge on any atom is 0.235 e. The zero-order valence-electron chi connectivity index (χ0n) is 13.9. The molecule has 0 saturated heterocycles. The summed E-state index contributed by atoms with van der Waals surface area (Å²) in [7, 11) is 3.23. The number of ether oxygens (including phenoxy) is 2. The molecule has 0 aliphatic carbocycles. The van der Waals surface area contributed by atoms with Gasteiger partial charge in [-0.15, -0.1) is 10.2 Å². The maximum absolute atomic E-state index is 5.35. The van der Waals surface area contributed by atoms with Crippen LogP contribution in [0.3, 0.4) is 0 Å². The number of methoxy groups -OCH3 is 2. The van der Waals surface area contributed by atoms with Crippen molar-refractivity contribution in [1.82, 2.24) is 25.0 Å². The second kappa shape index (κ2) is 6.17. The fraction of sp³-hybridized carbons (Fsp3) is 0.250. The number of rotatable bonds is 5. The predicted molar refractivity (Wildman–Crippen MR) is 91.2 cm³/mol. The Labute approximate surface area is 147 Å². The lowest BCUT2D eigenvalue weighted by Gasteiger charge is -2.08. The molecule has 9 heteroatoms. The van der Waals surface area contributed by atoms with Crippen LogP contribution in [0.25, 0.3) is 15.7 Å². The van der Waals surface area contributed by atoms with E-state index in [4.69, 9.17) is 14.0 Å². The largest absolute Gasteiger partial charge is 0.493 e. The van der Waals surface area contributed by atoms with E-state index in [-0.39, 0.29) is 0 Å². The highest BCUT2D eigenvalue weighted by atomic mass is 32.1. The smallest absolute Gasteiger partial charge is 0.235 e. The monoisotopic (exact) mass is 357 g/mol. The summed E-state index contributed by atoms with van der Waals surface area (Å²) < 4.78 is 17.5. The summed E-state index contributed by atoms with van der Waals surface area (Å²) in [6.45, 7) is 1.85. The molecule has 0 spiro atoms. The fourth-order valence-electron chi connectivity index (χ4n) is 2.51. The van der Waals surface area contributed by atoms with Crippen LogP contribution in [0.2, 0.25) is 0 Å². The molecule has 4 aromatic rings. The quantitative estimate of drug-likeness (QED) is 0.543. The molecule has 0 radical (unpaired) electrons. The van der Waals surface area contributed by atoms with Crippen molar-refractivity contribution in [2.24, 2.45) is 0 Å². The first kappa shape index (κ1) is 15.6. The van der Waals surface area contributed by atoms with Crippen LogP contribution in [-0.4, -0.2) is 39.2 Å². The third-order valence-corrected chi connectivity index (χ3v) is 4.63. The fourth-order valence-corrected chi connectivity index (χ4v) is 3.32. The molecule has 0 atom stereocenters. The first-order chi connectivity index (χ1) is 12.2. The molecule has 4 rings (SSSR count). The number of hydrogen-bond acceptors (Lipinski definition) is 8. The number of benzene rings is 1. The molecule has 0 unspecified atom stereocenters. The highest BCUT2D eigenvalue weighted by Gasteiger charge is 2.16. The number of aromatic nitrogens is 5. The van der Waals surface area contributed by atoms with Gasteiger partial charge in [0.05, 0.1) is 14.2 Å². The number of fused-ring (bicyclic) bond motifs is 1. The standard InChI is InChI=1S/C16H15N5O3S/c1-9-6-11(20-24-9)15-19-21-14(17-18-16(21)25-15)8-10-4-5-12(22-2)13(7-10)23-3/h4-7H,8H2,1-3H3. The van der Waals surface area contributed by atoms with Gasteiger partial charge in [0.15, 0.2) is 22.3 Å². The number of nitrogens with zero attached hydrogens (tertiary/aromatic N) is 5. The van der Waals surface area contributed by atoms with Crippen molar-refractivity contribution in [3.8, 4) is 22.2 Å². The van der Waals surface area contributed by atoms with E-state index in [1.54, 1.807) is 18.7 Å². The van der Waals surface area contributed by atoms with Gasteiger partial charge in [-0.05, 0) is 24.6 Å². The van der Waals surface area contributed by atoms with Crippen LogP contribution >= 0.6 is 11.3 Å². The molecule has 1 aromatic carbocycles. The van der Waals surface area contributed by atoms with Crippen LogP contribution in [0.15, 0.2) is 28.8 Å². The summed E-state index contributed by atoms with van der Waals surface area (Å²) in [5, 5.41) is 17.7. The van der Waals surface area contributed by atoms with Gasteiger partial charge in [-0.3, -0.25) is 0 Å². The molecule has 0 N–H and O–H groups in total. The van der Waals surface area contributed by atoms with E-state index in [1.807, 2.05) is 31.2 Å². The average molecular weight is 357 g/mol. The topological polar surface area (TPSA) is 87.6 Å². The first-order valence-corrected chi connectivity index (χ1v) is 8.35. The third-order valence-electron chi connectivity index (χ3n) is 3.71. The zero-order valence-corrected chi connectivity index (χ0v) is 14.7. The predicted octanol–water partition coefficient (Wildman–Crippen LogP) is 2.76. The molecule has 0 aliphatic rings. The van der Waals surface area contributed by atoms with E-state index < -0.39 is 0 Å². The lowest BCUT2D eigenvalue weighted by Crippen LogP contribution is -1.99. The lowest BCUT2D eigenvalue weighted by atomic mass is 10.1. The van der Waals surface area contributed by atoms with Gasteiger partial charge >= 0.3 is 0 Å². The third kappa shape index (κ3) is 2.82. The molecule has 25 heavy (non-hydrogen) atoms. The Balaban J connectivity index is 1.67. The maximum atomic E-state index is 5.35. The van der Waals surface area contributed by atoms with Crippen molar-refractivity contribution in [2.45, 2.75) is 13.3 Å². The molecule has 0 bridgehead atoms. The van der Waals surface area contributed by atoms with Gasteiger partial charge in [0.1, 0.15) is 11.5 Å². The van der Waals surface area contributed by atoms with Crippen LogP contribution in [0, 0.1) is 6.92 Å². The van der Waals surface area contributed by atoms with Crippen LogP contribution < -0.4 is 9.47 Å². The molecule has 0 fully saturated rings. The van der Waals surface area contributed by atoms with Crippen molar-refractivity contribution in [2.75, 3.05) is 14.2 Å². The average Bonchev–Trinajstić information content (AvgIpc) is 3.31. The molecule has 128 valence electrons. The number of aryl methyl sites for hydroxylation is 1. The van der Waals surface area contributed by atoms with E-state index in [0.717, 1.165) is 22.2 Å². The Morgan fingerprint density at radius 3 is 2.68 bits per heavy atom. The highest BCUT2D eigenvalue weighted by molar-refractivity contribution is 7.19. The molecular formula is C16H15N5O3S. The second-order valence-corrected chi connectivity index (χ2v) is 6.36. The van der Waals surface area contributed by atoms with Crippen LogP contribution in [0.1, 0.15) is 17.1 Å². The molecule has 8 nitrogen and oxygen atoms in total. The molecule has 3 aromatic heterocycles. The minimum absolute atomic E-state index is 0.572. The minimum atomic E-state index is 0.572. The van der Waals surface area contributed by atoms with Crippen LogP contribution in [-0.2, 0) is 6.42 Å². The van der Waals surface area contributed by atoms with Crippen LogP contribution in [0.4, 0.5) is 0 Å². The summed E-state index contributed by atoms with van der Waals surface area (Å²) in [5.41, 5.74) is 1.73. The first-order valence-electron chi connectivity index (χ1n) is 7.53. The van der Waals surface area contributed by atoms with Crippen molar-refractivity contribution in [1.29, 1.82) is 0 Å². The van der Waals surface area contributed by atoms with E-state index in [9.17, 15) is 0 Å². The van der Waals surface area contributed by atoms with Crippen molar-refractivity contribution in [3.63, 3.8) is 0 Å².